The maximum absolute atomic E-state index is 12.0. The van der Waals surface area contributed by atoms with Gasteiger partial charge in [-0.15, -0.1) is 0 Å². The number of aliphatic hydroxyl groups is 1. The van der Waals surface area contributed by atoms with Crippen LogP contribution in [0.2, 0.25) is 0 Å². The van der Waals surface area contributed by atoms with Crippen LogP contribution in [0.5, 0.6) is 17.2 Å². The van der Waals surface area contributed by atoms with Crippen molar-refractivity contribution in [2.75, 3.05) is 6.26 Å². The van der Waals surface area contributed by atoms with Crippen molar-refractivity contribution in [2.45, 2.75) is 63.1 Å². The Kier molecular flexibility index (Phi) is 7.19. The first-order valence-corrected chi connectivity index (χ1v) is 11.5. The number of hydrogen-bond acceptors (Lipinski definition) is 6. The number of sulfone groups is 1. The van der Waals surface area contributed by atoms with Gasteiger partial charge in [0.05, 0.1) is 5.60 Å². The van der Waals surface area contributed by atoms with Crippen LogP contribution in [0.25, 0.3) is 0 Å². The van der Waals surface area contributed by atoms with Crippen molar-refractivity contribution >= 4 is 9.84 Å². The van der Waals surface area contributed by atoms with Crippen LogP contribution < -0.4 is 4.74 Å². The molecule has 0 bridgehead atoms. The van der Waals surface area contributed by atoms with E-state index in [1.165, 1.54) is 12.1 Å². The summed E-state index contributed by atoms with van der Waals surface area (Å²) in [6.07, 6.45) is 3.54. The van der Waals surface area contributed by atoms with E-state index in [0.29, 0.717) is 5.92 Å². The zero-order chi connectivity index (χ0) is 21.8. The van der Waals surface area contributed by atoms with Gasteiger partial charge in [0, 0.05) is 6.26 Å². The summed E-state index contributed by atoms with van der Waals surface area (Å²) in [6, 6.07) is 10.4. The molecule has 0 spiro atoms. The molecule has 0 aliphatic carbocycles. The minimum absolute atomic E-state index is 0.00794. The van der Waals surface area contributed by atoms with Gasteiger partial charge in [-0.25, -0.2) is 8.42 Å². The largest absolute Gasteiger partial charge is 0.504 e. The first-order valence-electron chi connectivity index (χ1n) is 9.57. The topological polar surface area (TPSA) is 104 Å². The highest BCUT2D eigenvalue weighted by molar-refractivity contribution is 7.91. The van der Waals surface area contributed by atoms with Gasteiger partial charge in [-0.05, 0) is 55.9 Å². The van der Waals surface area contributed by atoms with Gasteiger partial charge in [0.15, 0.2) is 26.2 Å². The molecule has 0 saturated carbocycles. The van der Waals surface area contributed by atoms with Crippen molar-refractivity contribution in [3.8, 4) is 17.2 Å². The first-order chi connectivity index (χ1) is 13.4. The van der Waals surface area contributed by atoms with Crippen LogP contribution in [0, 0.1) is 0 Å². The fourth-order valence-electron chi connectivity index (χ4n) is 3.17. The van der Waals surface area contributed by atoms with E-state index in [-0.39, 0.29) is 12.4 Å². The van der Waals surface area contributed by atoms with Crippen LogP contribution in [-0.2, 0) is 16.4 Å². The first kappa shape index (κ1) is 23.0. The molecule has 0 aliphatic rings. The van der Waals surface area contributed by atoms with Crippen molar-refractivity contribution in [1.29, 1.82) is 0 Å². The summed E-state index contributed by atoms with van der Waals surface area (Å²) >= 11 is 0. The molecule has 1 unspecified atom stereocenters. The van der Waals surface area contributed by atoms with Crippen molar-refractivity contribution in [3.05, 3.63) is 47.5 Å². The minimum atomic E-state index is -3.79. The fraction of sp³-hybridized carbons (Fsp3) is 0.455. The molecule has 0 aromatic heterocycles. The van der Waals surface area contributed by atoms with Gasteiger partial charge in [-0.2, -0.15) is 0 Å². The molecule has 0 heterocycles. The second kappa shape index (κ2) is 9.05. The van der Waals surface area contributed by atoms with Gasteiger partial charge >= 0.3 is 0 Å². The SMILES string of the molecule is CC(CCCC(C)(C)O)c1cccc(COc2ccc(O)c(O)c2S(C)(=O)=O)c1. The van der Waals surface area contributed by atoms with E-state index in [0.717, 1.165) is 36.6 Å². The monoisotopic (exact) mass is 422 g/mol. The van der Waals surface area contributed by atoms with Gasteiger partial charge in [-0.1, -0.05) is 37.6 Å². The molecule has 2 aromatic carbocycles. The highest BCUT2D eigenvalue weighted by Gasteiger charge is 2.23. The Balaban J connectivity index is 2.11. The number of rotatable bonds is 9. The third-order valence-electron chi connectivity index (χ3n) is 4.78. The Labute approximate surface area is 172 Å². The molecule has 0 fully saturated rings. The second-order valence-electron chi connectivity index (χ2n) is 8.17. The van der Waals surface area contributed by atoms with Gasteiger partial charge in [0.2, 0.25) is 0 Å². The van der Waals surface area contributed by atoms with Crippen LogP contribution in [0.3, 0.4) is 0 Å². The van der Waals surface area contributed by atoms with E-state index in [2.05, 4.69) is 6.92 Å². The predicted octanol–water partition coefficient (Wildman–Crippen LogP) is 4.13. The van der Waals surface area contributed by atoms with Crippen LogP contribution in [0.1, 0.15) is 57.1 Å². The lowest BCUT2D eigenvalue weighted by atomic mass is 9.91. The van der Waals surface area contributed by atoms with Gasteiger partial charge in [0.25, 0.3) is 0 Å². The Morgan fingerprint density at radius 3 is 2.45 bits per heavy atom. The van der Waals surface area contributed by atoms with E-state index in [1.807, 2.05) is 38.1 Å². The molecule has 1 atom stereocenters. The highest BCUT2D eigenvalue weighted by atomic mass is 32.2. The van der Waals surface area contributed by atoms with Gasteiger partial charge in [-0.3, -0.25) is 0 Å². The molecule has 2 aromatic rings. The van der Waals surface area contributed by atoms with E-state index in [4.69, 9.17) is 4.74 Å². The molecule has 0 amide bonds. The lowest BCUT2D eigenvalue weighted by Gasteiger charge is -2.19. The zero-order valence-electron chi connectivity index (χ0n) is 17.3. The van der Waals surface area contributed by atoms with Crippen LogP contribution in [0.15, 0.2) is 41.3 Å². The normalized spacial score (nSPS) is 13.3. The third kappa shape index (κ3) is 6.65. The number of hydrogen-bond donors (Lipinski definition) is 3. The van der Waals surface area contributed by atoms with Crippen LogP contribution >= 0.6 is 0 Å². The van der Waals surface area contributed by atoms with Gasteiger partial charge < -0.3 is 20.1 Å². The van der Waals surface area contributed by atoms with Crippen LogP contribution in [0.4, 0.5) is 0 Å². The molecule has 0 aliphatic heterocycles. The van der Waals surface area contributed by atoms with Crippen molar-refractivity contribution in [1.82, 2.24) is 0 Å². The Hall–Kier alpha value is -2.25. The fourth-order valence-corrected chi connectivity index (χ4v) is 4.12. The second-order valence-corrected chi connectivity index (χ2v) is 10.1. The molecule has 160 valence electrons. The third-order valence-corrected chi connectivity index (χ3v) is 5.92. The minimum Gasteiger partial charge on any atom is -0.504 e. The lowest BCUT2D eigenvalue weighted by molar-refractivity contribution is 0.0678. The Morgan fingerprint density at radius 1 is 1.14 bits per heavy atom. The number of phenolic OH excluding ortho intramolecular Hbond substituents is 2. The molecule has 6 nitrogen and oxygen atoms in total. The zero-order valence-corrected chi connectivity index (χ0v) is 18.2. The summed E-state index contributed by atoms with van der Waals surface area (Å²) < 4.78 is 29.6. The standard InChI is InChI=1S/C22H30O6S/c1-15(7-6-12-22(2,3)25)17-9-5-8-16(13-17)14-28-19-11-10-18(23)20(24)21(19)29(4,26)27/h5,8-11,13,15,23-25H,6-7,12,14H2,1-4H3. The summed E-state index contributed by atoms with van der Waals surface area (Å²) in [6.45, 7) is 5.87. The molecule has 3 N–H and O–H groups in total. The smallest absolute Gasteiger partial charge is 0.183 e. The van der Waals surface area contributed by atoms with Gasteiger partial charge in [0.1, 0.15) is 12.4 Å². The summed E-state index contributed by atoms with van der Waals surface area (Å²) in [5.41, 5.74) is 1.34. The van der Waals surface area contributed by atoms with E-state index < -0.39 is 31.8 Å². The summed E-state index contributed by atoms with van der Waals surface area (Å²) in [4.78, 5) is -0.423. The van der Waals surface area contributed by atoms with E-state index in [1.54, 1.807) is 0 Å². The number of benzene rings is 2. The predicted molar refractivity (Wildman–Crippen MR) is 112 cm³/mol. The summed E-state index contributed by atoms with van der Waals surface area (Å²) in [5.74, 6) is -0.924. The Bertz CT molecular complexity index is 944. The van der Waals surface area contributed by atoms with E-state index >= 15 is 0 Å². The van der Waals surface area contributed by atoms with Crippen molar-refractivity contribution in [2.24, 2.45) is 0 Å². The molecule has 0 radical (unpaired) electrons. The molecular formula is C22H30O6S. The molecule has 0 saturated heterocycles. The average Bonchev–Trinajstić information content (AvgIpc) is 2.60. The summed E-state index contributed by atoms with van der Waals surface area (Å²) in [7, 11) is -3.79. The van der Waals surface area contributed by atoms with Crippen molar-refractivity contribution in [3.63, 3.8) is 0 Å². The Morgan fingerprint density at radius 2 is 1.83 bits per heavy atom. The maximum Gasteiger partial charge on any atom is 0.183 e. The molecule has 7 heteroatoms. The summed E-state index contributed by atoms with van der Waals surface area (Å²) in [5, 5.41) is 29.4. The lowest BCUT2D eigenvalue weighted by Crippen LogP contribution is -2.18. The highest BCUT2D eigenvalue weighted by Crippen LogP contribution is 2.39. The molecular weight excluding hydrogens is 392 g/mol. The average molecular weight is 423 g/mol. The number of ether oxygens (including phenoxy) is 1. The van der Waals surface area contributed by atoms with Crippen LogP contribution in [-0.4, -0.2) is 35.6 Å². The quantitative estimate of drug-likeness (QED) is 0.525. The molecule has 2 rings (SSSR count). The number of aromatic hydroxyl groups is 2. The van der Waals surface area contributed by atoms with E-state index in [9.17, 15) is 23.7 Å². The maximum atomic E-state index is 12.0. The number of phenols is 2. The van der Waals surface area contributed by atoms with Crippen molar-refractivity contribution < 1.29 is 28.5 Å². The molecule has 29 heavy (non-hydrogen) atoms.